The number of H-pyrrole nitrogens is 1. The monoisotopic (exact) mass is 165 g/mol. The lowest BCUT2D eigenvalue weighted by molar-refractivity contribution is 0.707. The molecule has 0 amide bonds. The fourth-order valence-electron chi connectivity index (χ4n) is 1.66. The second-order valence-electron chi connectivity index (χ2n) is 3.16. The molecule has 1 unspecified atom stereocenters. The zero-order valence-corrected chi connectivity index (χ0v) is 6.92. The minimum Gasteiger partial charge on any atom is -0.324 e. The summed E-state index contributed by atoms with van der Waals surface area (Å²) < 4.78 is 0. The third-order valence-corrected chi connectivity index (χ3v) is 2.22. The first-order valence-electron chi connectivity index (χ1n) is 4.04. The topological polar surface area (TPSA) is 71.8 Å². The number of aromatic amines is 1. The Morgan fingerprint density at radius 1 is 1.67 bits per heavy atom. The van der Waals surface area contributed by atoms with Crippen molar-refractivity contribution in [2.45, 2.75) is 25.8 Å². The Morgan fingerprint density at radius 3 is 3.17 bits per heavy atom. The molecule has 1 aromatic rings. The van der Waals surface area contributed by atoms with Gasteiger partial charge in [-0.15, -0.1) is 0 Å². The Morgan fingerprint density at radius 2 is 2.42 bits per heavy atom. The average molecular weight is 165 g/mol. The first-order valence-corrected chi connectivity index (χ1v) is 4.04. The number of hydrogen-bond acceptors (Lipinski definition) is 3. The van der Waals surface area contributed by atoms with Crippen molar-refractivity contribution < 1.29 is 0 Å². The Labute approximate surface area is 69.8 Å². The van der Waals surface area contributed by atoms with Gasteiger partial charge in [-0.3, -0.25) is 4.79 Å². The number of nitrogens with two attached hydrogens (primary N) is 1. The first-order chi connectivity index (χ1) is 5.68. The van der Waals surface area contributed by atoms with E-state index in [4.69, 9.17) is 5.73 Å². The van der Waals surface area contributed by atoms with Crippen LogP contribution in [0.2, 0.25) is 0 Å². The quantitative estimate of drug-likeness (QED) is 0.569. The van der Waals surface area contributed by atoms with E-state index in [-0.39, 0.29) is 11.6 Å². The average Bonchev–Trinajstić information content (AvgIpc) is 2.31. The lowest BCUT2D eigenvalue weighted by atomic mass is 10.2. The van der Waals surface area contributed by atoms with Crippen LogP contribution < -0.4 is 11.3 Å². The molecule has 0 fully saturated rings. The molecule has 1 heterocycles. The predicted molar refractivity (Wildman–Crippen MR) is 44.8 cm³/mol. The number of aryl methyl sites for hydroxylation is 2. The summed E-state index contributed by atoms with van der Waals surface area (Å²) in [5.74, 6) is 0.674. The van der Waals surface area contributed by atoms with Gasteiger partial charge in [0.05, 0.1) is 11.3 Å². The second kappa shape index (κ2) is 2.42. The molecule has 4 nitrogen and oxygen atoms in total. The van der Waals surface area contributed by atoms with Crippen LogP contribution in [-0.2, 0) is 6.42 Å². The summed E-state index contributed by atoms with van der Waals surface area (Å²) >= 11 is 0. The molecule has 1 aliphatic carbocycles. The highest BCUT2D eigenvalue weighted by atomic mass is 16.1. The number of rotatable bonds is 0. The molecule has 1 atom stereocenters. The largest absolute Gasteiger partial charge is 0.324 e. The van der Waals surface area contributed by atoms with E-state index < -0.39 is 0 Å². The summed E-state index contributed by atoms with van der Waals surface area (Å²) in [5.41, 5.74) is 7.23. The third kappa shape index (κ3) is 0.956. The Balaban J connectivity index is 2.69. The fourth-order valence-corrected chi connectivity index (χ4v) is 1.66. The van der Waals surface area contributed by atoms with E-state index in [1.165, 1.54) is 0 Å². The molecule has 0 aromatic carbocycles. The van der Waals surface area contributed by atoms with E-state index >= 15 is 0 Å². The van der Waals surface area contributed by atoms with Gasteiger partial charge in [0.2, 0.25) is 0 Å². The van der Waals surface area contributed by atoms with Crippen LogP contribution in [0.3, 0.4) is 0 Å². The van der Waals surface area contributed by atoms with Gasteiger partial charge in [0.15, 0.2) is 0 Å². The molecule has 64 valence electrons. The maximum Gasteiger partial charge on any atom is 0.255 e. The lowest BCUT2D eigenvalue weighted by Crippen LogP contribution is -2.21. The number of fused-ring (bicyclic) bond motifs is 1. The molecular weight excluding hydrogens is 154 g/mol. The van der Waals surface area contributed by atoms with Crippen LogP contribution in [-0.4, -0.2) is 9.97 Å². The van der Waals surface area contributed by atoms with Crippen molar-refractivity contribution in [3.05, 3.63) is 27.4 Å². The van der Waals surface area contributed by atoms with Gasteiger partial charge in [-0.1, -0.05) is 0 Å². The predicted octanol–water partition coefficient (Wildman–Crippen LogP) is 0.0243. The van der Waals surface area contributed by atoms with Gasteiger partial charge in [0, 0.05) is 6.04 Å². The van der Waals surface area contributed by atoms with Gasteiger partial charge >= 0.3 is 0 Å². The zero-order chi connectivity index (χ0) is 8.72. The van der Waals surface area contributed by atoms with E-state index in [1.54, 1.807) is 6.92 Å². The maximum atomic E-state index is 11.4. The van der Waals surface area contributed by atoms with Crippen LogP contribution >= 0.6 is 0 Å². The third-order valence-electron chi connectivity index (χ3n) is 2.22. The van der Waals surface area contributed by atoms with Crippen LogP contribution in [0.15, 0.2) is 4.79 Å². The molecule has 0 spiro atoms. The van der Waals surface area contributed by atoms with Crippen molar-refractivity contribution in [1.29, 1.82) is 0 Å². The highest BCUT2D eigenvalue weighted by Gasteiger charge is 2.23. The number of hydrogen-bond donors (Lipinski definition) is 2. The molecule has 0 saturated carbocycles. The molecule has 2 rings (SSSR count). The molecule has 12 heavy (non-hydrogen) atoms. The lowest BCUT2D eigenvalue weighted by Gasteiger charge is -2.02. The van der Waals surface area contributed by atoms with E-state index in [9.17, 15) is 4.79 Å². The summed E-state index contributed by atoms with van der Waals surface area (Å²) in [5, 5.41) is 0. The molecule has 1 aliphatic rings. The van der Waals surface area contributed by atoms with Gasteiger partial charge in [-0.25, -0.2) is 4.98 Å². The number of nitrogens with one attached hydrogen (secondary N) is 1. The first kappa shape index (κ1) is 7.49. The molecule has 4 heteroatoms. The van der Waals surface area contributed by atoms with Crippen LogP contribution in [0.25, 0.3) is 0 Å². The van der Waals surface area contributed by atoms with Crippen molar-refractivity contribution in [2.24, 2.45) is 5.73 Å². The minimum absolute atomic E-state index is 0.0671. The van der Waals surface area contributed by atoms with Crippen LogP contribution in [0, 0.1) is 6.92 Å². The molecule has 3 N–H and O–H groups in total. The standard InChI is InChI=1S/C8H11N3O/c1-4-10-6-3-2-5(9)7(6)8(12)11-4/h5H,2-3,9H2,1H3,(H,10,11,12). The molecule has 1 aromatic heterocycles. The van der Waals surface area contributed by atoms with Gasteiger partial charge in [-0.2, -0.15) is 0 Å². The molecule has 0 saturated heterocycles. The van der Waals surface area contributed by atoms with Gasteiger partial charge in [-0.05, 0) is 19.8 Å². The number of nitrogens with zero attached hydrogens (tertiary/aromatic N) is 1. The maximum absolute atomic E-state index is 11.4. The van der Waals surface area contributed by atoms with E-state index in [0.29, 0.717) is 11.4 Å². The molecule has 0 bridgehead atoms. The smallest absolute Gasteiger partial charge is 0.255 e. The van der Waals surface area contributed by atoms with Crippen LogP contribution in [0.4, 0.5) is 0 Å². The van der Waals surface area contributed by atoms with Crippen molar-refractivity contribution in [1.82, 2.24) is 9.97 Å². The van der Waals surface area contributed by atoms with Crippen molar-refractivity contribution in [3.63, 3.8) is 0 Å². The van der Waals surface area contributed by atoms with Gasteiger partial charge < -0.3 is 10.7 Å². The van der Waals surface area contributed by atoms with Gasteiger partial charge in [0.25, 0.3) is 5.56 Å². The molecular formula is C8H11N3O. The summed E-state index contributed by atoms with van der Waals surface area (Å²) in [7, 11) is 0. The van der Waals surface area contributed by atoms with Crippen molar-refractivity contribution >= 4 is 0 Å². The highest BCUT2D eigenvalue weighted by molar-refractivity contribution is 5.26. The Bertz CT molecular complexity index is 369. The normalized spacial score (nSPS) is 21.0. The highest BCUT2D eigenvalue weighted by Crippen LogP contribution is 2.23. The SMILES string of the molecule is Cc1nc2c(c(=O)[nH]1)C(N)CC2. The second-order valence-corrected chi connectivity index (χ2v) is 3.16. The summed E-state index contributed by atoms with van der Waals surface area (Å²) in [6, 6.07) is -0.114. The van der Waals surface area contributed by atoms with E-state index in [0.717, 1.165) is 18.5 Å². The Kier molecular flexibility index (Phi) is 1.51. The Hall–Kier alpha value is -1.16. The van der Waals surface area contributed by atoms with Gasteiger partial charge in [0.1, 0.15) is 5.82 Å². The fraction of sp³-hybridized carbons (Fsp3) is 0.500. The number of aromatic nitrogens is 2. The summed E-state index contributed by atoms with van der Waals surface area (Å²) in [4.78, 5) is 18.3. The molecule has 0 radical (unpaired) electrons. The van der Waals surface area contributed by atoms with E-state index in [1.807, 2.05) is 0 Å². The van der Waals surface area contributed by atoms with Crippen LogP contribution in [0.5, 0.6) is 0 Å². The van der Waals surface area contributed by atoms with E-state index in [2.05, 4.69) is 9.97 Å². The zero-order valence-electron chi connectivity index (χ0n) is 6.92. The summed E-state index contributed by atoms with van der Waals surface area (Å²) in [6.45, 7) is 1.78. The summed E-state index contributed by atoms with van der Waals surface area (Å²) in [6.07, 6.45) is 1.68. The minimum atomic E-state index is -0.114. The van der Waals surface area contributed by atoms with Crippen molar-refractivity contribution in [3.8, 4) is 0 Å². The van der Waals surface area contributed by atoms with Crippen molar-refractivity contribution in [2.75, 3.05) is 0 Å². The van der Waals surface area contributed by atoms with Crippen LogP contribution in [0.1, 0.15) is 29.5 Å². The molecule has 0 aliphatic heterocycles.